The van der Waals surface area contributed by atoms with Gasteiger partial charge in [0.05, 0.1) is 13.2 Å². The van der Waals surface area contributed by atoms with Crippen molar-refractivity contribution in [2.24, 2.45) is 0 Å². The third-order valence-corrected chi connectivity index (χ3v) is 4.11. The van der Waals surface area contributed by atoms with E-state index in [1.807, 2.05) is 0 Å². The van der Waals surface area contributed by atoms with E-state index in [0.29, 0.717) is 11.9 Å². The molecule has 1 saturated carbocycles. The van der Waals surface area contributed by atoms with Crippen molar-refractivity contribution in [3.8, 4) is 0 Å². The van der Waals surface area contributed by atoms with Gasteiger partial charge in [-0.2, -0.15) is 0 Å². The second-order valence-electron chi connectivity index (χ2n) is 5.00. The predicted octanol–water partition coefficient (Wildman–Crippen LogP) is 1.41. The van der Waals surface area contributed by atoms with E-state index in [2.05, 4.69) is 4.90 Å². The molecule has 1 saturated heterocycles. The van der Waals surface area contributed by atoms with E-state index in [-0.39, 0.29) is 7.12 Å². The summed E-state index contributed by atoms with van der Waals surface area (Å²) in [5.41, 5.74) is 0. The second-order valence-corrected chi connectivity index (χ2v) is 5.00. The van der Waals surface area contributed by atoms with Gasteiger partial charge in [-0.15, -0.1) is 0 Å². The Kier molecular flexibility index (Phi) is 5.28. The van der Waals surface area contributed by atoms with Crippen LogP contribution in [0.4, 0.5) is 0 Å². The van der Waals surface area contributed by atoms with Gasteiger partial charge in [0.1, 0.15) is 0 Å². The normalized spacial score (nSPS) is 31.4. The zero-order chi connectivity index (χ0) is 12.1. The molecule has 0 spiro atoms. The fourth-order valence-corrected chi connectivity index (χ4v) is 3.27. The fourth-order valence-electron chi connectivity index (χ4n) is 3.27. The summed E-state index contributed by atoms with van der Waals surface area (Å²) in [6.07, 6.45) is 5.12. The van der Waals surface area contributed by atoms with Crippen molar-refractivity contribution in [2.45, 2.75) is 37.5 Å². The highest BCUT2D eigenvalue weighted by molar-refractivity contribution is 6.46. The Hall–Kier alpha value is -0.0951. The number of morpholine rings is 1. The summed E-state index contributed by atoms with van der Waals surface area (Å²) >= 11 is 0. The zero-order valence-electron chi connectivity index (χ0n) is 11.1. The average molecular weight is 241 g/mol. The van der Waals surface area contributed by atoms with Crippen LogP contribution in [0.3, 0.4) is 0 Å². The maximum Gasteiger partial charge on any atom is 0.461 e. The number of ether oxygens (including phenoxy) is 1. The van der Waals surface area contributed by atoms with Crippen LogP contribution in [0.15, 0.2) is 0 Å². The number of rotatable bonds is 4. The van der Waals surface area contributed by atoms with Gasteiger partial charge >= 0.3 is 7.12 Å². The van der Waals surface area contributed by atoms with Crippen molar-refractivity contribution in [2.75, 3.05) is 40.5 Å². The second kappa shape index (κ2) is 6.73. The lowest BCUT2D eigenvalue weighted by molar-refractivity contribution is 0.00537. The van der Waals surface area contributed by atoms with Crippen LogP contribution in [0.2, 0.25) is 5.82 Å². The van der Waals surface area contributed by atoms with E-state index in [9.17, 15) is 0 Å². The Morgan fingerprint density at radius 3 is 2.35 bits per heavy atom. The molecule has 0 amide bonds. The van der Waals surface area contributed by atoms with E-state index >= 15 is 0 Å². The molecule has 2 rings (SSSR count). The zero-order valence-corrected chi connectivity index (χ0v) is 11.1. The van der Waals surface area contributed by atoms with Gasteiger partial charge in [0.15, 0.2) is 0 Å². The van der Waals surface area contributed by atoms with Crippen LogP contribution in [0, 0.1) is 0 Å². The molecule has 17 heavy (non-hydrogen) atoms. The third kappa shape index (κ3) is 3.22. The Bertz CT molecular complexity index is 220. The van der Waals surface area contributed by atoms with Crippen molar-refractivity contribution in [1.29, 1.82) is 0 Å². The first-order chi connectivity index (χ1) is 8.36. The Balaban J connectivity index is 1.99. The molecule has 1 aliphatic carbocycles. The van der Waals surface area contributed by atoms with Crippen LogP contribution in [0.1, 0.15) is 25.7 Å². The highest BCUT2D eigenvalue weighted by Crippen LogP contribution is 2.35. The summed E-state index contributed by atoms with van der Waals surface area (Å²) in [6.45, 7) is 3.85. The van der Waals surface area contributed by atoms with Crippen LogP contribution >= 0.6 is 0 Å². The van der Waals surface area contributed by atoms with E-state index in [1.165, 1.54) is 25.7 Å². The minimum absolute atomic E-state index is 0.0526. The summed E-state index contributed by atoms with van der Waals surface area (Å²) in [5.74, 6) is 0.511. The molecular weight excluding hydrogens is 217 g/mol. The molecule has 2 aliphatic rings. The predicted molar refractivity (Wildman–Crippen MR) is 68.2 cm³/mol. The molecule has 2 fully saturated rings. The van der Waals surface area contributed by atoms with E-state index < -0.39 is 0 Å². The minimum Gasteiger partial charge on any atom is -0.414 e. The molecule has 98 valence electrons. The van der Waals surface area contributed by atoms with Gasteiger partial charge in [-0.3, -0.25) is 4.90 Å². The van der Waals surface area contributed by atoms with Gasteiger partial charge in [-0.25, -0.2) is 0 Å². The fraction of sp³-hybridized carbons (Fsp3) is 1.00. The van der Waals surface area contributed by atoms with E-state index in [4.69, 9.17) is 14.0 Å². The summed E-state index contributed by atoms with van der Waals surface area (Å²) in [4.78, 5) is 2.57. The van der Waals surface area contributed by atoms with Crippen molar-refractivity contribution in [3.05, 3.63) is 0 Å². The molecule has 5 heteroatoms. The van der Waals surface area contributed by atoms with Crippen LogP contribution in [-0.4, -0.2) is 58.6 Å². The molecule has 0 N–H and O–H groups in total. The first-order valence-electron chi connectivity index (χ1n) is 6.74. The molecule has 2 atom stereocenters. The van der Waals surface area contributed by atoms with Crippen molar-refractivity contribution >= 4 is 7.12 Å². The number of hydrogen-bond donors (Lipinski definition) is 0. The van der Waals surface area contributed by atoms with Crippen molar-refractivity contribution in [1.82, 2.24) is 4.90 Å². The Morgan fingerprint density at radius 1 is 1.06 bits per heavy atom. The highest BCUT2D eigenvalue weighted by atomic mass is 16.6. The molecule has 0 aromatic rings. The first kappa shape index (κ1) is 13.3. The highest BCUT2D eigenvalue weighted by Gasteiger charge is 2.39. The smallest absolute Gasteiger partial charge is 0.414 e. The summed E-state index contributed by atoms with van der Waals surface area (Å²) in [5, 5.41) is 0. The van der Waals surface area contributed by atoms with Crippen LogP contribution in [0.5, 0.6) is 0 Å². The minimum atomic E-state index is -0.0526. The average Bonchev–Trinajstić information content (AvgIpc) is 2.42. The molecule has 0 aromatic heterocycles. The van der Waals surface area contributed by atoms with Gasteiger partial charge in [-0.1, -0.05) is 19.3 Å². The molecule has 1 heterocycles. The lowest BCUT2D eigenvalue weighted by atomic mass is 9.61. The lowest BCUT2D eigenvalue weighted by Crippen LogP contribution is -2.50. The Morgan fingerprint density at radius 2 is 1.71 bits per heavy atom. The van der Waals surface area contributed by atoms with Gasteiger partial charge in [0.25, 0.3) is 0 Å². The maximum absolute atomic E-state index is 5.48. The standard InChI is InChI=1S/C12H24BNO3/c1-15-13(16-2)11-5-3-4-6-12(11)14-7-9-17-10-8-14/h11-12H,3-10H2,1-2H3/t11-,12-/m1/s1. The van der Waals surface area contributed by atoms with Crippen molar-refractivity contribution in [3.63, 3.8) is 0 Å². The summed E-state index contributed by atoms with van der Waals surface area (Å²) in [7, 11) is 3.45. The summed E-state index contributed by atoms with van der Waals surface area (Å²) in [6, 6.07) is 0.609. The van der Waals surface area contributed by atoms with Gasteiger partial charge in [0.2, 0.25) is 0 Å². The van der Waals surface area contributed by atoms with Gasteiger partial charge in [-0.05, 0) is 6.42 Å². The number of nitrogens with zero attached hydrogens (tertiary/aromatic N) is 1. The quantitative estimate of drug-likeness (QED) is 0.696. The van der Waals surface area contributed by atoms with Crippen molar-refractivity contribution < 1.29 is 14.0 Å². The SMILES string of the molecule is COB(OC)[C@@H]1CCCC[C@H]1N1CCOCC1. The van der Waals surface area contributed by atoms with Crippen LogP contribution in [0.25, 0.3) is 0 Å². The van der Waals surface area contributed by atoms with Crippen LogP contribution in [-0.2, 0) is 14.0 Å². The first-order valence-corrected chi connectivity index (χ1v) is 6.74. The summed E-state index contributed by atoms with van der Waals surface area (Å²) < 4.78 is 16.4. The van der Waals surface area contributed by atoms with Crippen LogP contribution < -0.4 is 0 Å². The molecule has 0 bridgehead atoms. The monoisotopic (exact) mass is 241 g/mol. The molecular formula is C12H24BNO3. The third-order valence-electron chi connectivity index (χ3n) is 4.11. The van der Waals surface area contributed by atoms with E-state index in [1.54, 1.807) is 14.2 Å². The maximum atomic E-state index is 5.48. The molecule has 4 nitrogen and oxygen atoms in total. The molecule has 0 unspecified atom stereocenters. The van der Waals surface area contributed by atoms with Gasteiger partial charge in [0, 0.05) is 39.2 Å². The topological polar surface area (TPSA) is 30.9 Å². The number of hydrogen-bond acceptors (Lipinski definition) is 4. The lowest BCUT2D eigenvalue weighted by Gasteiger charge is -2.42. The molecule has 1 aliphatic heterocycles. The Labute approximate surface area is 105 Å². The molecule has 0 aromatic carbocycles. The van der Waals surface area contributed by atoms with Gasteiger partial charge < -0.3 is 14.0 Å². The molecule has 0 radical (unpaired) electrons. The van der Waals surface area contributed by atoms with E-state index in [0.717, 1.165) is 26.3 Å². The largest absolute Gasteiger partial charge is 0.461 e.